The second-order valence-corrected chi connectivity index (χ2v) is 10.9. The predicted octanol–water partition coefficient (Wildman–Crippen LogP) is 4.98. The molecule has 1 N–H and O–H groups in total. The third-order valence-electron chi connectivity index (χ3n) is 6.81. The summed E-state index contributed by atoms with van der Waals surface area (Å²) in [6.45, 7) is 4.20. The fourth-order valence-corrected chi connectivity index (χ4v) is 6.21. The molecule has 3 aromatic carbocycles. The number of nitrogens with one attached hydrogen (secondary N) is 1. The number of ketones is 1. The minimum Gasteiger partial charge on any atom is -0.334 e. The lowest BCUT2D eigenvalue weighted by molar-refractivity contribution is 0.0606. The van der Waals surface area contributed by atoms with Crippen LogP contribution in [0, 0.1) is 6.92 Å². The Kier molecular flexibility index (Phi) is 8.01. The van der Waals surface area contributed by atoms with Gasteiger partial charge in [0, 0.05) is 29.8 Å². The number of hydrogen-bond acceptors (Lipinski definition) is 4. The smallest absolute Gasteiger partial charge is 0.254 e. The van der Waals surface area contributed by atoms with Crippen molar-refractivity contribution in [3.8, 4) is 0 Å². The van der Waals surface area contributed by atoms with Gasteiger partial charge in [0.05, 0.1) is 10.5 Å². The summed E-state index contributed by atoms with van der Waals surface area (Å²) >= 11 is 0. The van der Waals surface area contributed by atoms with Crippen LogP contribution in [0.3, 0.4) is 0 Å². The monoisotopic (exact) mass is 504 g/mol. The molecule has 1 aliphatic rings. The summed E-state index contributed by atoms with van der Waals surface area (Å²) in [5.41, 5.74) is 2.18. The maximum atomic E-state index is 13.8. The van der Waals surface area contributed by atoms with Crippen molar-refractivity contribution < 1.29 is 18.0 Å². The van der Waals surface area contributed by atoms with E-state index < -0.39 is 16.1 Å². The largest absolute Gasteiger partial charge is 0.334 e. The van der Waals surface area contributed by atoms with Crippen LogP contribution in [0.1, 0.15) is 64.4 Å². The fraction of sp³-hybridized carbons (Fsp3) is 0.310. The Bertz CT molecular complexity index is 1320. The van der Waals surface area contributed by atoms with Gasteiger partial charge in [0.15, 0.2) is 5.78 Å². The Morgan fingerprint density at radius 2 is 1.47 bits per heavy atom. The number of sulfonamides is 1. The van der Waals surface area contributed by atoms with Crippen molar-refractivity contribution in [3.63, 3.8) is 0 Å². The normalized spacial score (nSPS) is 17.9. The number of benzene rings is 3. The van der Waals surface area contributed by atoms with E-state index in [1.54, 1.807) is 77.7 Å². The van der Waals surface area contributed by atoms with Gasteiger partial charge in [-0.05, 0) is 44.9 Å². The average molecular weight is 505 g/mol. The van der Waals surface area contributed by atoms with E-state index in [0.29, 0.717) is 36.1 Å². The predicted molar refractivity (Wildman–Crippen MR) is 141 cm³/mol. The van der Waals surface area contributed by atoms with Crippen LogP contribution >= 0.6 is 0 Å². The summed E-state index contributed by atoms with van der Waals surface area (Å²) < 4.78 is 29.2. The van der Waals surface area contributed by atoms with E-state index in [-0.39, 0.29) is 22.6 Å². The highest BCUT2D eigenvalue weighted by Crippen LogP contribution is 2.27. The molecule has 188 valence electrons. The summed E-state index contributed by atoms with van der Waals surface area (Å²) in [4.78, 5) is 29.0. The van der Waals surface area contributed by atoms with Crippen LogP contribution in [0.4, 0.5) is 0 Å². The Balaban J connectivity index is 1.62. The molecule has 0 aliphatic heterocycles. The van der Waals surface area contributed by atoms with Crippen molar-refractivity contribution in [2.45, 2.75) is 56.5 Å². The molecule has 0 bridgehead atoms. The van der Waals surface area contributed by atoms with Crippen molar-refractivity contribution in [2.24, 2.45) is 0 Å². The van der Waals surface area contributed by atoms with Crippen LogP contribution in [0.15, 0.2) is 83.8 Å². The maximum Gasteiger partial charge on any atom is 0.254 e. The topological polar surface area (TPSA) is 83.6 Å². The van der Waals surface area contributed by atoms with Gasteiger partial charge < -0.3 is 4.90 Å². The van der Waals surface area contributed by atoms with Crippen LogP contribution < -0.4 is 4.72 Å². The van der Waals surface area contributed by atoms with Crippen molar-refractivity contribution in [3.05, 3.63) is 101 Å². The summed E-state index contributed by atoms with van der Waals surface area (Å²) in [6, 6.07) is 21.8. The van der Waals surface area contributed by atoms with Crippen molar-refractivity contribution in [1.82, 2.24) is 9.62 Å². The van der Waals surface area contributed by atoms with E-state index in [1.165, 1.54) is 0 Å². The number of carbonyl (C=O) groups is 2. The molecular formula is C29H32N2O4S. The minimum atomic E-state index is -3.74. The lowest BCUT2D eigenvalue weighted by atomic mass is 9.89. The second-order valence-electron chi connectivity index (χ2n) is 9.22. The standard InChI is InChI=1S/C29H32N2O4S/c1-3-31(29(33)25-14-8-7-13-24(25)28(32)22-11-5-4-6-12-22)27-16-10-9-15-26(27)30-36(34,35)23-19-17-21(2)18-20-23/h4-8,11-14,17-20,26-27,30H,3,9-10,15-16H2,1-2H3/t26-,27-/m1/s1. The highest BCUT2D eigenvalue weighted by atomic mass is 32.2. The Labute approximate surface area is 213 Å². The molecule has 1 aliphatic carbocycles. The number of hydrogen-bond donors (Lipinski definition) is 1. The highest BCUT2D eigenvalue weighted by molar-refractivity contribution is 7.89. The molecule has 1 amide bonds. The van der Waals surface area contributed by atoms with E-state index in [1.807, 2.05) is 19.9 Å². The quantitative estimate of drug-likeness (QED) is 0.439. The van der Waals surface area contributed by atoms with Gasteiger partial charge in [0.2, 0.25) is 10.0 Å². The van der Waals surface area contributed by atoms with Gasteiger partial charge in [-0.3, -0.25) is 9.59 Å². The van der Waals surface area contributed by atoms with Gasteiger partial charge >= 0.3 is 0 Å². The zero-order chi connectivity index (χ0) is 25.7. The van der Waals surface area contributed by atoms with Gasteiger partial charge in [0.1, 0.15) is 0 Å². The maximum absolute atomic E-state index is 13.8. The summed E-state index contributed by atoms with van der Waals surface area (Å²) in [6.07, 6.45) is 3.12. The molecule has 1 saturated carbocycles. The Hall–Kier alpha value is -3.29. The first kappa shape index (κ1) is 25.8. The summed E-state index contributed by atoms with van der Waals surface area (Å²) in [7, 11) is -3.74. The molecule has 0 spiro atoms. The number of rotatable bonds is 8. The lowest BCUT2D eigenvalue weighted by Gasteiger charge is -2.40. The molecule has 36 heavy (non-hydrogen) atoms. The molecular weight excluding hydrogens is 472 g/mol. The van der Waals surface area contributed by atoms with E-state index in [0.717, 1.165) is 18.4 Å². The van der Waals surface area contributed by atoms with E-state index in [2.05, 4.69) is 4.72 Å². The van der Waals surface area contributed by atoms with Crippen molar-refractivity contribution >= 4 is 21.7 Å². The number of likely N-dealkylation sites (N-methyl/N-ethyl adjacent to an activating group) is 1. The molecule has 2 atom stereocenters. The zero-order valence-electron chi connectivity index (χ0n) is 20.7. The average Bonchev–Trinajstić information content (AvgIpc) is 2.90. The SMILES string of the molecule is CCN(C(=O)c1ccccc1C(=O)c1ccccc1)[C@@H]1CCCC[C@H]1NS(=O)(=O)c1ccc(C)cc1. The van der Waals surface area contributed by atoms with E-state index >= 15 is 0 Å². The van der Waals surface area contributed by atoms with E-state index in [4.69, 9.17) is 0 Å². The molecule has 0 unspecified atom stereocenters. The first-order valence-electron chi connectivity index (χ1n) is 12.4. The van der Waals surface area contributed by atoms with Gasteiger partial charge in [-0.25, -0.2) is 13.1 Å². The molecule has 3 aromatic rings. The molecule has 4 rings (SSSR count). The van der Waals surface area contributed by atoms with Gasteiger partial charge in [-0.1, -0.05) is 79.1 Å². The molecule has 7 heteroatoms. The summed E-state index contributed by atoms with van der Waals surface area (Å²) in [5.74, 6) is -0.473. The molecule has 6 nitrogen and oxygen atoms in total. The Morgan fingerprint density at radius 3 is 2.14 bits per heavy atom. The van der Waals surface area contributed by atoms with Gasteiger partial charge in [-0.15, -0.1) is 0 Å². The van der Waals surface area contributed by atoms with Crippen molar-refractivity contribution in [1.29, 1.82) is 0 Å². The molecule has 0 aromatic heterocycles. The van der Waals surface area contributed by atoms with Gasteiger partial charge in [0.25, 0.3) is 5.91 Å². The molecule has 0 heterocycles. The third kappa shape index (κ3) is 5.58. The number of carbonyl (C=O) groups excluding carboxylic acids is 2. The number of amides is 1. The number of aryl methyl sites for hydroxylation is 1. The Morgan fingerprint density at radius 1 is 0.861 bits per heavy atom. The highest BCUT2D eigenvalue weighted by Gasteiger charge is 2.36. The second kappa shape index (κ2) is 11.2. The fourth-order valence-electron chi connectivity index (χ4n) is 4.90. The zero-order valence-corrected chi connectivity index (χ0v) is 21.5. The van der Waals surface area contributed by atoms with Crippen LogP contribution in [0.5, 0.6) is 0 Å². The van der Waals surface area contributed by atoms with Crippen LogP contribution in [0.2, 0.25) is 0 Å². The van der Waals surface area contributed by atoms with Crippen LogP contribution in [-0.4, -0.2) is 43.6 Å². The first-order valence-corrected chi connectivity index (χ1v) is 13.9. The van der Waals surface area contributed by atoms with Crippen molar-refractivity contribution in [2.75, 3.05) is 6.54 Å². The van der Waals surface area contributed by atoms with Crippen LogP contribution in [-0.2, 0) is 10.0 Å². The van der Waals surface area contributed by atoms with E-state index in [9.17, 15) is 18.0 Å². The first-order chi connectivity index (χ1) is 17.3. The lowest BCUT2D eigenvalue weighted by Crippen LogP contribution is -2.55. The minimum absolute atomic E-state index is 0.212. The summed E-state index contributed by atoms with van der Waals surface area (Å²) in [5, 5.41) is 0. The van der Waals surface area contributed by atoms with Gasteiger partial charge in [-0.2, -0.15) is 0 Å². The van der Waals surface area contributed by atoms with Crippen LogP contribution in [0.25, 0.3) is 0 Å². The third-order valence-corrected chi connectivity index (χ3v) is 8.31. The molecule has 0 saturated heterocycles. The number of nitrogens with zero attached hydrogens (tertiary/aromatic N) is 1. The molecule has 0 radical (unpaired) electrons. The molecule has 1 fully saturated rings.